The summed E-state index contributed by atoms with van der Waals surface area (Å²) in [5.74, 6) is 0.810. The molecule has 1 fully saturated rings. The maximum Gasteiger partial charge on any atom is 0.158 e. The number of hydrogen-bond donors (Lipinski definition) is 0. The van der Waals surface area contributed by atoms with E-state index in [4.69, 9.17) is 9.47 Å². The summed E-state index contributed by atoms with van der Waals surface area (Å²) < 4.78 is 12.7. The second kappa shape index (κ2) is 16.8. The zero-order valence-corrected chi connectivity index (χ0v) is 19.1. The van der Waals surface area contributed by atoms with Crippen LogP contribution in [0.3, 0.4) is 0 Å². The third-order valence-corrected chi connectivity index (χ3v) is 5.94. The van der Waals surface area contributed by atoms with Gasteiger partial charge >= 0.3 is 0 Å². The molecule has 0 aliphatic carbocycles. The van der Waals surface area contributed by atoms with E-state index in [-0.39, 0.29) is 6.29 Å². The van der Waals surface area contributed by atoms with E-state index in [9.17, 15) is 0 Å². The zero-order valence-electron chi connectivity index (χ0n) is 19.1. The second-order valence-corrected chi connectivity index (χ2v) is 9.27. The third kappa shape index (κ3) is 13.7. The Kier molecular flexibility index (Phi) is 15.6. The molecule has 27 heavy (non-hydrogen) atoms. The number of rotatable bonds is 17. The van der Waals surface area contributed by atoms with Crippen LogP contribution >= 0.6 is 0 Å². The maximum atomic E-state index is 6.35. The molecule has 0 aromatic carbocycles. The molecule has 1 rings (SSSR count). The lowest BCUT2D eigenvalue weighted by Gasteiger charge is -2.36. The highest BCUT2D eigenvalue weighted by Gasteiger charge is 2.29. The maximum absolute atomic E-state index is 6.35. The first kappa shape index (κ1) is 25.0. The van der Waals surface area contributed by atoms with Gasteiger partial charge in [-0.3, -0.25) is 0 Å². The quantitative estimate of drug-likeness (QED) is 0.235. The van der Waals surface area contributed by atoms with Crippen LogP contribution in [0.1, 0.15) is 137 Å². The summed E-state index contributed by atoms with van der Waals surface area (Å²) >= 11 is 0. The molecule has 0 N–H and O–H groups in total. The van der Waals surface area contributed by atoms with E-state index < -0.39 is 0 Å². The molecule has 2 unspecified atom stereocenters. The highest BCUT2D eigenvalue weighted by atomic mass is 16.7. The molecular weight excluding hydrogens is 332 g/mol. The average molecular weight is 383 g/mol. The lowest BCUT2D eigenvalue weighted by atomic mass is 9.98. The Labute approximate surface area is 171 Å². The largest absolute Gasteiger partial charge is 0.349 e. The first-order valence-electron chi connectivity index (χ1n) is 12.5. The fraction of sp³-hybridized carbons (Fsp3) is 1.00. The lowest BCUT2D eigenvalue weighted by molar-refractivity contribution is -0.247. The van der Waals surface area contributed by atoms with Crippen molar-refractivity contribution in [3.63, 3.8) is 0 Å². The predicted octanol–water partition coefficient (Wildman–Crippen LogP) is 8.42. The predicted molar refractivity (Wildman–Crippen MR) is 118 cm³/mol. The molecule has 0 aromatic rings. The van der Waals surface area contributed by atoms with Crippen LogP contribution in [0, 0.1) is 5.92 Å². The minimum Gasteiger partial charge on any atom is -0.349 e. The summed E-state index contributed by atoms with van der Waals surface area (Å²) in [6.45, 7) is 9.21. The molecule has 0 spiro atoms. The van der Waals surface area contributed by atoms with Gasteiger partial charge < -0.3 is 9.47 Å². The Morgan fingerprint density at radius 3 is 1.59 bits per heavy atom. The summed E-state index contributed by atoms with van der Waals surface area (Å²) in [5, 5.41) is 0. The van der Waals surface area contributed by atoms with Crippen LogP contribution in [-0.4, -0.2) is 18.5 Å². The van der Waals surface area contributed by atoms with Gasteiger partial charge in [0.1, 0.15) is 0 Å². The molecule has 2 nitrogen and oxygen atoms in total. The number of unbranched alkanes of at least 4 members (excludes halogenated alkanes) is 9. The topological polar surface area (TPSA) is 18.5 Å². The van der Waals surface area contributed by atoms with Gasteiger partial charge in [0.05, 0.1) is 12.2 Å². The van der Waals surface area contributed by atoms with Crippen LogP contribution in [0.15, 0.2) is 0 Å². The van der Waals surface area contributed by atoms with Crippen molar-refractivity contribution in [1.82, 2.24) is 0 Å². The van der Waals surface area contributed by atoms with Gasteiger partial charge in [-0.15, -0.1) is 0 Å². The molecule has 1 saturated heterocycles. The average Bonchev–Trinajstić information content (AvgIpc) is 2.65. The third-order valence-electron chi connectivity index (χ3n) is 5.94. The van der Waals surface area contributed by atoms with Crippen LogP contribution in [0.4, 0.5) is 0 Å². The fourth-order valence-corrected chi connectivity index (χ4v) is 4.19. The molecule has 0 saturated carbocycles. The van der Waals surface area contributed by atoms with Gasteiger partial charge in [0.25, 0.3) is 0 Å². The van der Waals surface area contributed by atoms with Crippen LogP contribution in [0.2, 0.25) is 0 Å². The van der Waals surface area contributed by atoms with E-state index in [1.807, 2.05) is 0 Å². The first-order chi connectivity index (χ1) is 13.2. The van der Waals surface area contributed by atoms with Gasteiger partial charge in [0, 0.05) is 0 Å². The summed E-state index contributed by atoms with van der Waals surface area (Å²) in [6, 6.07) is 0. The van der Waals surface area contributed by atoms with E-state index in [2.05, 4.69) is 27.7 Å². The van der Waals surface area contributed by atoms with Crippen LogP contribution < -0.4 is 0 Å². The van der Waals surface area contributed by atoms with E-state index in [0.29, 0.717) is 12.2 Å². The summed E-state index contributed by atoms with van der Waals surface area (Å²) in [5.41, 5.74) is 0. The Morgan fingerprint density at radius 2 is 1.11 bits per heavy atom. The van der Waals surface area contributed by atoms with Crippen molar-refractivity contribution in [2.75, 3.05) is 0 Å². The Morgan fingerprint density at radius 1 is 0.630 bits per heavy atom. The Hall–Kier alpha value is -0.0800. The van der Waals surface area contributed by atoms with Crippen molar-refractivity contribution in [1.29, 1.82) is 0 Å². The molecule has 0 radical (unpaired) electrons. The zero-order chi connectivity index (χ0) is 19.7. The highest BCUT2D eigenvalue weighted by molar-refractivity contribution is 4.73. The molecule has 2 atom stereocenters. The van der Waals surface area contributed by atoms with Gasteiger partial charge in [0.15, 0.2) is 6.29 Å². The van der Waals surface area contributed by atoms with Gasteiger partial charge in [0.2, 0.25) is 0 Å². The Bertz CT molecular complexity index is 293. The molecule has 2 heteroatoms. The molecule has 0 amide bonds. The van der Waals surface area contributed by atoms with Crippen molar-refractivity contribution < 1.29 is 9.47 Å². The normalized spacial score (nSPS) is 23.2. The molecule has 0 aromatic heterocycles. The number of hydrogen-bond acceptors (Lipinski definition) is 2. The van der Waals surface area contributed by atoms with E-state index in [1.165, 1.54) is 96.3 Å². The molecule has 1 heterocycles. The molecule has 162 valence electrons. The highest BCUT2D eigenvalue weighted by Crippen LogP contribution is 2.28. The van der Waals surface area contributed by atoms with Crippen molar-refractivity contribution in [3.05, 3.63) is 0 Å². The van der Waals surface area contributed by atoms with Crippen LogP contribution in [-0.2, 0) is 9.47 Å². The van der Waals surface area contributed by atoms with Crippen molar-refractivity contribution >= 4 is 0 Å². The van der Waals surface area contributed by atoms with Gasteiger partial charge in [-0.05, 0) is 38.0 Å². The SMILES string of the molecule is CCCCCCCC1CC(CCCCCCC)OC(CCCCC(C)C)O1. The van der Waals surface area contributed by atoms with Crippen molar-refractivity contribution in [3.8, 4) is 0 Å². The monoisotopic (exact) mass is 382 g/mol. The Balaban J connectivity index is 2.33. The van der Waals surface area contributed by atoms with E-state index in [1.54, 1.807) is 0 Å². The van der Waals surface area contributed by atoms with E-state index >= 15 is 0 Å². The summed E-state index contributed by atoms with van der Waals surface area (Å²) in [6.07, 6.45) is 23.1. The molecular formula is C25H50O2. The minimum absolute atomic E-state index is 0.0622. The second-order valence-electron chi connectivity index (χ2n) is 9.27. The van der Waals surface area contributed by atoms with E-state index in [0.717, 1.165) is 18.8 Å². The molecule has 1 aliphatic heterocycles. The molecule has 1 aliphatic rings. The standard InChI is InChI=1S/C25H50O2/c1-5-7-9-11-13-18-23-21-24(19-14-12-10-8-6-2)27-25(26-23)20-16-15-17-22(3)4/h22-25H,5-21H2,1-4H3. The van der Waals surface area contributed by atoms with Crippen LogP contribution in [0.25, 0.3) is 0 Å². The van der Waals surface area contributed by atoms with Crippen LogP contribution in [0.5, 0.6) is 0 Å². The lowest BCUT2D eigenvalue weighted by Crippen LogP contribution is -2.38. The summed E-state index contributed by atoms with van der Waals surface area (Å²) in [4.78, 5) is 0. The van der Waals surface area contributed by atoms with Crippen molar-refractivity contribution in [2.45, 2.75) is 155 Å². The summed E-state index contributed by atoms with van der Waals surface area (Å²) in [7, 11) is 0. The number of ether oxygens (including phenoxy) is 2. The minimum atomic E-state index is 0.0622. The fourth-order valence-electron chi connectivity index (χ4n) is 4.19. The van der Waals surface area contributed by atoms with Gasteiger partial charge in [-0.25, -0.2) is 0 Å². The van der Waals surface area contributed by atoms with Gasteiger partial charge in [-0.1, -0.05) is 105 Å². The first-order valence-corrected chi connectivity index (χ1v) is 12.5. The van der Waals surface area contributed by atoms with Gasteiger partial charge in [-0.2, -0.15) is 0 Å². The molecule has 0 bridgehead atoms. The van der Waals surface area contributed by atoms with Crippen molar-refractivity contribution in [2.24, 2.45) is 5.92 Å². The smallest absolute Gasteiger partial charge is 0.158 e.